The first kappa shape index (κ1) is 17.2. The van der Waals surface area contributed by atoms with Crippen molar-refractivity contribution in [2.75, 3.05) is 39.9 Å². The summed E-state index contributed by atoms with van der Waals surface area (Å²) in [4.78, 5) is 27.7. The summed E-state index contributed by atoms with van der Waals surface area (Å²) < 4.78 is 4.97. The molecule has 2 heterocycles. The number of nitrogens with two attached hydrogens (primary N) is 1. The molecule has 0 aromatic rings. The molecule has 1 atom stereocenters. The molecule has 6 nitrogen and oxygen atoms in total. The van der Waals surface area contributed by atoms with Gasteiger partial charge in [0.05, 0.1) is 12.5 Å². The number of carbonyl (C=O) groups excluding carboxylic acids is 2. The first-order valence-corrected chi connectivity index (χ1v) is 6.93. The highest BCUT2D eigenvalue weighted by Gasteiger charge is 2.36. The van der Waals surface area contributed by atoms with Crippen LogP contribution in [0.4, 0.5) is 0 Å². The molecule has 116 valence electrons. The Hall–Kier alpha value is -0.850. The SMILES string of the molecule is COCCN1CC(C(=O)N2CCC(N)CC2)CC1=O.Cl. The van der Waals surface area contributed by atoms with Crippen LogP contribution in [0.5, 0.6) is 0 Å². The van der Waals surface area contributed by atoms with Crippen LogP contribution in [0.25, 0.3) is 0 Å². The highest BCUT2D eigenvalue weighted by Crippen LogP contribution is 2.21. The molecule has 0 aliphatic carbocycles. The monoisotopic (exact) mass is 305 g/mol. The van der Waals surface area contributed by atoms with E-state index in [1.54, 1.807) is 12.0 Å². The summed E-state index contributed by atoms with van der Waals surface area (Å²) in [5.74, 6) is -0.0111. The van der Waals surface area contributed by atoms with Gasteiger partial charge in [-0.3, -0.25) is 9.59 Å². The fourth-order valence-electron chi connectivity index (χ4n) is 2.73. The minimum Gasteiger partial charge on any atom is -0.383 e. The van der Waals surface area contributed by atoms with E-state index >= 15 is 0 Å². The van der Waals surface area contributed by atoms with Crippen LogP contribution in [-0.4, -0.2) is 67.6 Å². The largest absolute Gasteiger partial charge is 0.383 e. The van der Waals surface area contributed by atoms with Crippen molar-refractivity contribution in [2.24, 2.45) is 11.7 Å². The normalized spacial score (nSPS) is 23.9. The minimum atomic E-state index is -0.182. The van der Waals surface area contributed by atoms with E-state index in [9.17, 15) is 9.59 Å². The average Bonchev–Trinajstić information content (AvgIpc) is 2.78. The molecule has 0 bridgehead atoms. The van der Waals surface area contributed by atoms with Crippen molar-refractivity contribution in [3.8, 4) is 0 Å². The Morgan fingerprint density at radius 1 is 1.40 bits per heavy atom. The molecule has 2 fully saturated rings. The molecule has 20 heavy (non-hydrogen) atoms. The first-order chi connectivity index (χ1) is 9.11. The molecule has 2 aliphatic heterocycles. The second kappa shape index (κ2) is 7.81. The first-order valence-electron chi connectivity index (χ1n) is 6.93. The molecule has 0 aromatic heterocycles. The standard InChI is InChI=1S/C13H23N3O3.ClH/c1-19-7-6-16-9-10(8-12(16)17)13(18)15-4-2-11(14)3-5-15;/h10-11H,2-9,14H2,1H3;1H. The van der Waals surface area contributed by atoms with Gasteiger partial charge in [-0.2, -0.15) is 0 Å². The molecule has 0 saturated carbocycles. The third-order valence-corrected chi connectivity index (χ3v) is 3.98. The Bertz CT molecular complexity index is 346. The van der Waals surface area contributed by atoms with E-state index in [0.29, 0.717) is 26.1 Å². The molecule has 0 aromatic carbocycles. The van der Waals surface area contributed by atoms with Crippen LogP contribution in [0.15, 0.2) is 0 Å². The Morgan fingerprint density at radius 3 is 2.65 bits per heavy atom. The van der Waals surface area contributed by atoms with E-state index in [2.05, 4.69) is 0 Å². The van der Waals surface area contributed by atoms with Crippen molar-refractivity contribution in [3.63, 3.8) is 0 Å². The predicted molar refractivity (Wildman–Crippen MR) is 77.6 cm³/mol. The number of hydrogen-bond acceptors (Lipinski definition) is 4. The van der Waals surface area contributed by atoms with Gasteiger partial charge in [0.1, 0.15) is 0 Å². The van der Waals surface area contributed by atoms with Crippen LogP contribution in [0.1, 0.15) is 19.3 Å². The zero-order valence-electron chi connectivity index (χ0n) is 11.9. The van der Waals surface area contributed by atoms with Gasteiger partial charge in [-0.1, -0.05) is 0 Å². The molecule has 7 heteroatoms. The van der Waals surface area contributed by atoms with Crippen LogP contribution in [0, 0.1) is 5.92 Å². The van der Waals surface area contributed by atoms with E-state index < -0.39 is 0 Å². The number of nitrogens with zero attached hydrogens (tertiary/aromatic N) is 2. The second-order valence-corrected chi connectivity index (χ2v) is 5.40. The Kier molecular flexibility index (Phi) is 6.71. The highest BCUT2D eigenvalue weighted by molar-refractivity contribution is 5.89. The molecule has 2 N–H and O–H groups in total. The summed E-state index contributed by atoms with van der Waals surface area (Å²) in [6.45, 7) is 3.07. The van der Waals surface area contributed by atoms with E-state index in [1.165, 1.54) is 0 Å². The molecule has 1 unspecified atom stereocenters. The number of piperidine rings is 1. The molecule has 2 rings (SSSR count). The maximum atomic E-state index is 12.3. The van der Waals surface area contributed by atoms with Gasteiger partial charge in [-0.25, -0.2) is 0 Å². The summed E-state index contributed by atoms with van der Waals surface area (Å²) in [5, 5.41) is 0. The fraction of sp³-hybridized carbons (Fsp3) is 0.846. The van der Waals surface area contributed by atoms with Gasteiger partial charge in [0.15, 0.2) is 0 Å². The molecule has 0 spiro atoms. The third-order valence-electron chi connectivity index (χ3n) is 3.98. The van der Waals surface area contributed by atoms with Crippen molar-refractivity contribution in [1.82, 2.24) is 9.80 Å². The lowest BCUT2D eigenvalue weighted by atomic mass is 10.0. The van der Waals surface area contributed by atoms with E-state index in [-0.39, 0.29) is 36.2 Å². The maximum Gasteiger partial charge on any atom is 0.227 e. The van der Waals surface area contributed by atoms with Gasteiger partial charge in [-0.15, -0.1) is 12.4 Å². The van der Waals surface area contributed by atoms with Gasteiger partial charge in [0.25, 0.3) is 0 Å². The topological polar surface area (TPSA) is 75.9 Å². The highest BCUT2D eigenvalue weighted by atomic mass is 35.5. The number of likely N-dealkylation sites (tertiary alicyclic amines) is 2. The summed E-state index contributed by atoms with van der Waals surface area (Å²) in [7, 11) is 1.61. The average molecular weight is 306 g/mol. The minimum absolute atomic E-state index is 0. The van der Waals surface area contributed by atoms with Crippen LogP contribution in [0.3, 0.4) is 0 Å². The number of ether oxygens (including phenoxy) is 1. The van der Waals surface area contributed by atoms with Gasteiger partial charge in [-0.05, 0) is 12.8 Å². The van der Waals surface area contributed by atoms with Crippen molar-refractivity contribution in [1.29, 1.82) is 0 Å². The zero-order chi connectivity index (χ0) is 13.8. The van der Waals surface area contributed by atoms with E-state index in [0.717, 1.165) is 25.9 Å². The van der Waals surface area contributed by atoms with Crippen LogP contribution in [0.2, 0.25) is 0 Å². The van der Waals surface area contributed by atoms with Crippen molar-refractivity contribution >= 4 is 24.2 Å². The second-order valence-electron chi connectivity index (χ2n) is 5.40. The molecule has 2 saturated heterocycles. The number of methoxy groups -OCH3 is 1. The van der Waals surface area contributed by atoms with Crippen LogP contribution >= 0.6 is 12.4 Å². The molecule has 2 aliphatic rings. The molecular weight excluding hydrogens is 282 g/mol. The summed E-state index contributed by atoms with van der Waals surface area (Å²) in [5.41, 5.74) is 5.84. The number of hydrogen-bond donors (Lipinski definition) is 1. The molecule has 2 amide bonds. The lowest BCUT2D eigenvalue weighted by Crippen LogP contribution is -2.45. The van der Waals surface area contributed by atoms with Gasteiger partial charge >= 0.3 is 0 Å². The Morgan fingerprint density at radius 2 is 2.05 bits per heavy atom. The summed E-state index contributed by atoms with van der Waals surface area (Å²) in [6, 6.07) is 0.215. The van der Waals surface area contributed by atoms with Gasteiger partial charge < -0.3 is 20.3 Å². The van der Waals surface area contributed by atoms with Crippen molar-refractivity contribution in [2.45, 2.75) is 25.3 Å². The van der Waals surface area contributed by atoms with Crippen molar-refractivity contribution in [3.05, 3.63) is 0 Å². The number of amides is 2. The summed E-state index contributed by atoms with van der Waals surface area (Å²) in [6.07, 6.45) is 2.06. The fourth-order valence-corrected chi connectivity index (χ4v) is 2.73. The zero-order valence-corrected chi connectivity index (χ0v) is 12.7. The lowest BCUT2D eigenvalue weighted by molar-refractivity contribution is -0.136. The lowest BCUT2D eigenvalue weighted by Gasteiger charge is -2.31. The van der Waals surface area contributed by atoms with E-state index in [4.69, 9.17) is 10.5 Å². The maximum absolute atomic E-state index is 12.3. The Labute approximate surface area is 126 Å². The quantitative estimate of drug-likeness (QED) is 0.784. The van der Waals surface area contributed by atoms with Crippen molar-refractivity contribution < 1.29 is 14.3 Å². The predicted octanol–water partition coefficient (Wildman–Crippen LogP) is -0.147. The van der Waals surface area contributed by atoms with Crippen LogP contribution < -0.4 is 5.73 Å². The molecular formula is C13H24ClN3O3. The molecule has 0 radical (unpaired) electrons. The van der Waals surface area contributed by atoms with E-state index in [1.807, 2.05) is 4.90 Å². The number of halogens is 1. The third kappa shape index (κ3) is 4.07. The number of carbonyl (C=O) groups is 2. The van der Waals surface area contributed by atoms with Gasteiger partial charge in [0.2, 0.25) is 11.8 Å². The van der Waals surface area contributed by atoms with Crippen LogP contribution in [-0.2, 0) is 14.3 Å². The smallest absolute Gasteiger partial charge is 0.227 e. The van der Waals surface area contributed by atoms with Gasteiger partial charge in [0, 0.05) is 45.8 Å². The summed E-state index contributed by atoms with van der Waals surface area (Å²) >= 11 is 0. The number of rotatable bonds is 4. The Balaban J connectivity index is 0.00000200.